The van der Waals surface area contributed by atoms with Gasteiger partial charge >= 0.3 is 5.97 Å². The molecule has 1 aromatic rings. The minimum Gasteiger partial charge on any atom is -0.481 e. The van der Waals surface area contributed by atoms with Gasteiger partial charge < -0.3 is 14.7 Å². The average molecular weight is 356 g/mol. The van der Waals surface area contributed by atoms with E-state index in [4.69, 9.17) is 16.3 Å². The lowest BCUT2D eigenvalue weighted by Crippen LogP contribution is -2.45. The first-order valence-electron chi connectivity index (χ1n) is 8.05. The van der Waals surface area contributed by atoms with E-state index in [9.17, 15) is 19.1 Å². The van der Waals surface area contributed by atoms with Crippen LogP contribution in [0.4, 0.5) is 4.39 Å². The molecule has 1 aromatic carbocycles. The van der Waals surface area contributed by atoms with Crippen LogP contribution >= 0.6 is 11.6 Å². The smallest absolute Gasteiger partial charge is 0.308 e. The van der Waals surface area contributed by atoms with Crippen molar-refractivity contribution in [3.8, 4) is 0 Å². The Labute approximate surface area is 144 Å². The fourth-order valence-corrected chi connectivity index (χ4v) is 3.59. The van der Waals surface area contributed by atoms with Gasteiger partial charge in [0.15, 0.2) is 0 Å². The Kier molecular flexibility index (Phi) is 5.06. The molecule has 2 aliphatic heterocycles. The van der Waals surface area contributed by atoms with E-state index >= 15 is 0 Å². The largest absolute Gasteiger partial charge is 0.481 e. The number of carbonyl (C=O) groups excluding carboxylic acids is 1. The second-order valence-corrected chi connectivity index (χ2v) is 6.73. The molecule has 3 rings (SSSR count). The summed E-state index contributed by atoms with van der Waals surface area (Å²) in [6.45, 7) is 1.20. The highest BCUT2D eigenvalue weighted by Crippen LogP contribution is 2.37. The Balaban J connectivity index is 1.76. The molecule has 2 aliphatic rings. The molecule has 7 heteroatoms. The second-order valence-electron chi connectivity index (χ2n) is 6.32. The number of hydrogen-bond donors (Lipinski definition) is 1. The molecule has 0 bridgehead atoms. The number of benzene rings is 1. The number of carbonyl (C=O) groups is 2. The molecule has 0 spiro atoms. The Morgan fingerprint density at radius 3 is 2.83 bits per heavy atom. The monoisotopic (exact) mass is 355 g/mol. The lowest BCUT2D eigenvalue weighted by atomic mass is 9.91. The van der Waals surface area contributed by atoms with Crippen LogP contribution in [0.25, 0.3) is 0 Å². The van der Waals surface area contributed by atoms with Gasteiger partial charge in [0.05, 0.1) is 23.0 Å². The third-order valence-corrected chi connectivity index (χ3v) is 5.07. The van der Waals surface area contributed by atoms with Crippen molar-refractivity contribution < 1.29 is 23.8 Å². The van der Waals surface area contributed by atoms with E-state index in [1.54, 1.807) is 11.0 Å². The van der Waals surface area contributed by atoms with Gasteiger partial charge in [-0.3, -0.25) is 9.59 Å². The number of piperidine rings is 1. The first-order chi connectivity index (χ1) is 11.5. The average Bonchev–Trinajstić information content (AvgIpc) is 3.06. The Bertz CT molecular complexity index is 653. The van der Waals surface area contributed by atoms with Gasteiger partial charge in [-0.1, -0.05) is 17.7 Å². The molecule has 1 amide bonds. The number of hydrogen-bond acceptors (Lipinski definition) is 3. The van der Waals surface area contributed by atoms with Gasteiger partial charge in [-0.25, -0.2) is 4.39 Å². The van der Waals surface area contributed by atoms with E-state index < -0.39 is 29.7 Å². The standard InChI is InChI=1S/C17H19ClFNO4/c18-13-4-3-10(8-14(13)19)15-12(5-7-24-15)16(21)20-6-1-2-11(9-20)17(22)23/h3-4,8,11-12,15H,1-2,5-7,9H2,(H,22,23)/t11-,12+,15-/m0/s1. The predicted molar refractivity (Wildman–Crippen MR) is 85.1 cm³/mol. The summed E-state index contributed by atoms with van der Waals surface area (Å²) in [6.07, 6.45) is 1.29. The summed E-state index contributed by atoms with van der Waals surface area (Å²) in [4.78, 5) is 25.6. The SMILES string of the molecule is O=C(O)[C@H]1CCCN(C(=O)[C@@H]2CCO[C@H]2c2ccc(Cl)c(F)c2)C1. The van der Waals surface area contributed by atoms with E-state index in [1.165, 1.54) is 12.1 Å². The summed E-state index contributed by atoms with van der Waals surface area (Å²) < 4.78 is 19.4. The number of amides is 1. The predicted octanol–water partition coefficient (Wildman–Crippen LogP) is 2.88. The number of halogens is 2. The lowest BCUT2D eigenvalue weighted by Gasteiger charge is -2.33. The Morgan fingerprint density at radius 1 is 1.33 bits per heavy atom. The first-order valence-corrected chi connectivity index (χ1v) is 8.43. The summed E-state index contributed by atoms with van der Waals surface area (Å²) in [5, 5.41) is 9.20. The van der Waals surface area contributed by atoms with Crippen LogP contribution < -0.4 is 0 Å². The minimum atomic E-state index is -0.869. The molecule has 0 unspecified atom stereocenters. The molecule has 1 N–H and O–H groups in total. The Hall–Kier alpha value is -1.66. The topological polar surface area (TPSA) is 66.8 Å². The van der Waals surface area contributed by atoms with Crippen molar-refractivity contribution in [1.82, 2.24) is 4.90 Å². The quantitative estimate of drug-likeness (QED) is 0.905. The third kappa shape index (κ3) is 3.39. The molecule has 2 heterocycles. The van der Waals surface area contributed by atoms with Crippen LogP contribution in [-0.4, -0.2) is 41.6 Å². The number of aliphatic carboxylic acids is 1. The highest BCUT2D eigenvalue weighted by molar-refractivity contribution is 6.30. The summed E-state index contributed by atoms with van der Waals surface area (Å²) in [5.74, 6) is -2.46. The zero-order valence-corrected chi connectivity index (χ0v) is 13.8. The summed E-state index contributed by atoms with van der Waals surface area (Å²) in [5.41, 5.74) is 0.583. The number of likely N-dealkylation sites (tertiary alicyclic amines) is 1. The van der Waals surface area contributed by atoms with Crippen molar-refractivity contribution in [2.75, 3.05) is 19.7 Å². The molecule has 2 saturated heterocycles. The Morgan fingerprint density at radius 2 is 2.12 bits per heavy atom. The van der Waals surface area contributed by atoms with Crippen LogP contribution in [0.15, 0.2) is 18.2 Å². The molecular weight excluding hydrogens is 337 g/mol. The number of carboxylic acids is 1. The number of carboxylic acid groups (broad SMARTS) is 1. The molecule has 3 atom stereocenters. The van der Waals surface area contributed by atoms with Crippen LogP contribution in [-0.2, 0) is 14.3 Å². The van der Waals surface area contributed by atoms with Gasteiger partial charge in [0.25, 0.3) is 0 Å². The summed E-state index contributed by atoms with van der Waals surface area (Å²) in [6, 6.07) is 4.42. The molecule has 0 saturated carbocycles. The maximum Gasteiger partial charge on any atom is 0.308 e. The fraction of sp³-hybridized carbons (Fsp3) is 0.529. The van der Waals surface area contributed by atoms with Crippen molar-refractivity contribution in [1.29, 1.82) is 0 Å². The number of rotatable bonds is 3. The van der Waals surface area contributed by atoms with Crippen molar-refractivity contribution in [2.45, 2.75) is 25.4 Å². The van der Waals surface area contributed by atoms with E-state index in [1.807, 2.05) is 0 Å². The van der Waals surface area contributed by atoms with Gasteiger partial charge in [0.2, 0.25) is 5.91 Å². The minimum absolute atomic E-state index is 0.0277. The van der Waals surface area contributed by atoms with E-state index in [0.29, 0.717) is 38.0 Å². The molecule has 24 heavy (non-hydrogen) atoms. The van der Waals surface area contributed by atoms with E-state index in [2.05, 4.69) is 0 Å². The molecule has 0 radical (unpaired) electrons. The molecule has 0 aromatic heterocycles. The number of ether oxygens (including phenoxy) is 1. The molecular formula is C17H19ClFNO4. The summed E-state index contributed by atoms with van der Waals surface area (Å²) >= 11 is 5.71. The molecule has 5 nitrogen and oxygen atoms in total. The zero-order valence-electron chi connectivity index (χ0n) is 13.1. The highest BCUT2D eigenvalue weighted by Gasteiger charge is 2.39. The van der Waals surface area contributed by atoms with E-state index in [-0.39, 0.29) is 17.5 Å². The van der Waals surface area contributed by atoms with Gasteiger partial charge in [0.1, 0.15) is 5.82 Å². The second kappa shape index (κ2) is 7.07. The van der Waals surface area contributed by atoms with Crippen molar-refractivity contribution in [3.05, 3.63) is 34.6 Å². The van der Waals surface area contributed by atoms with Gasteiger partial charge in [-0.15, -0.1) is 0 Å². The van der Waals surface area contributed by atoms with Gasteiger partial charge in [-0.05, 0) is 37.0 Å². The van der Waals surface area contributed by atoms with Crippen LogP contribution in [0.5, 0.6) is 0 Å². The maximum atomic E-state index is 13.7. The molecule has 130 valence electrons. The van der Waals surface area contributed by atoms with Gasteiger partial charge in [0, 0.05) is 19.7 Å². The van der Waals surface area contributed by atoms with Crippen LogP contribution in [0, 0.1) is 17.7 Å². The number of nitrogens with zero attached hydrogens (tertiary/aromatic N) is 1. The van der Waals surface area contributed by atoms with Gasteiger partial charge in [-0.2, -0.15) is 0 Å². The summed E-state index contributed by atoms with van der Waals surface area (Å²) in [7, 11) is 0. The molecule has 0 aliphatic carbocycles. The first kappa shape index (κ1) is 17.2. The fourth-order valence-electron chi connectivity index (χ4n) is 3.47. The lowest BCUT2D eigenvalue weighted by molar-refractivity contribution is -0.147. The zero-order chi connectivity index (χ0) is 17.3. The van der Waals surface area contributed by atoms with Crippen molar-refractivity contribution in [2.24, 2.45) is 11.8 Å². The van der Waals surface area contributed by atoms with Crippen molar-refractivity contribution >= 4 is 23.5 Å². The van der Waals surface area contributed by atoms with Crippen LogP contribution in [0.1, 0.15) is 30.9 Å². The maximum absolute atomic E-state index is 13.7. The highest BCUT2D eigenvalue weighted by atomic mass is 35.5. The van der Waals surface area contributed by atoms with E-state index in [0.717, 1.165) is 0 Å². The van der Waals surface area contributed by atoms with Crippen LogP contribution in [0.3, 0.4) is 0 Å². The van der Waals surface area contributed by atoms with Crippen molar-refractivity contribution in [3.63, 3.8) is 0 Å². The van der Waals surface area contributed by atoms with Crippen LogP contribution in [0.2, 0.25) is 5.02 Å². The molecule has 2 fully saturated rings. The third-order valence-electron chi connectivity index (χ3n) is 4.76. The normalized spacial score (nSPS) is 27.2.